The summed E-state index contributed by atoms with van der Waals surface area (Å²) in [4.78, 5) is 28.9. The molecule has 4 heterocycles. The predicted octanol–water partition coefficient (Wildman–Crippen LogP) is 4.19. The van der Waals surface area contributed by atoms with E-state index in [1.54, 1.807) is 6.92 Å². The van der Waals surface area contributed by atoms with E-state index in [0.29, 0.717) is 5.69 Å². The Kier molecular flexibility index (Phi) is 7.05. The summed E-state index contributed by atoms with van der Waals surface area (Å²) in [5.41, 5.74) is -1.24. The summed E-state index contributed by atoms with van der Waals surface area (Å²) in [5.74, 6) is -4.90. The molecule has 2 aliphatic heterocycles. The van der Waals surface area contributed by atoms with Crippen LogP contribution in [0.5, 0.6) is 0 Å². The highest BCUT2D eigenvalue weighted by Crippen LogP contribution is 2.42. The van der Waals surface area contributed by atoms with Gasteiger partial charge >= 0.3 is 12.1 Å². The summed E-state index contributed by atoms with van der Waals surface area (Å²) >= 11 is 0. The number of aromatic nitrogens is 3. The molecule has 0 unspecified atom stereocenters. The van der Waals surface area contributed by atoms with Gasteiger partial charge in [0.05, 0.1) is 25.0 Å². The lowest BCUT2D eigenvalue weighted by Gasteiger charge is -2.33. The van der Waals surface area contributed by atoms with E-state index in [0.717, 1.165) is 12.3 Å². The number of halogens is 5. The van der Waals surface area contributed by atoms with Crippen LogP contribution in [-0.4, -0.2) is 51.5 Å². The van der Waals surface area contributed by atoms with Crippen molar-refractivity contribution in [1.29, 1.82) is 0 Å². The fraction of sp³-hybridized carbons (Fsp3) is 0.545. The van der Waals surface area contributed by atoms with E-state index >= 15 is 8.78 Å². The summed E-state index contributed by atoms with van der Waals surface area (Å²) in [6.45, 7) is 1.74. The number of fused-ring (bicyclic) bond motifs is 3. The van der Waals surface area contributed by atoms with Gasteiger partial charge in [-0.15, -0.1) is 0 Å². The van der Waals surface area contributed by atoms with Crippen LogP contribution in [0, 0.1) is 11.7 Å². The number of hydrogen-bond donors (Lipinski definition) is 2. The van der Waals surface area contributed by atoms with Crippen molar-refractivity contribution >= 4 is 17.8 Å². The third kappa shape index (κ3) is 4.93. The van der Waals surface area contributed by atoms with E-state index < -0.39 is 54.1 Å². The Hall–Kier alpha value is -3.45. The van der Waals surface area contributed by atoms with Gasteiger partial charge in [-0.1, -0.05) is 0 Å². The average molecular weight is 516 g/mol. The Labute approximate surface area is 203 Å². The SMILES string of the molecule is COC(=O)NC[C@@H]1CCC(F)(F)c2c3c(nn2C1)C[C@@H](C)N(C(=O)Nc1ccnc(C(F)F)c1F)C3. The molecule has 196 valence electrons. The zero-order valence-corrected chi connectivity index (χ0v) is 19.5. The average Bonchev–Trinajstić information content (AvgIpc) is 3.12. The molecular formula is C22H25F5N6O3. The van der Waals surface area contributed by atoms with Gasteiger partial charge in [0.2, 0.25) is 0 Å². The Balaban J connectivity index is 1.57. The van der Waals surface area contributed by atoms with E-state index in [-0.39, 0.29) is 49.7 Å². The fourth-order valence-electron chi connectivity index (χ4n) is 4.61. The van der Waals surface area contributed by atoms with E-state index in [4.69, 9.17) is 0 Å². The second kappa shape index (κ2) is 9.90. The second-order valence-electron chi connectivity index (χ2n) is 8.91. The summed E-state index contributed by atoms with van der Waals surface area (Å²) in [6, 6.07) is -0.265. The van der Waals surface area contributed by atoms with Crippen molar-refractivity contribution in [2.24, 2.45) is 5.92 Å². The zero-order valence-electron chi connectivity index (χ0n) is 19.5. The largest absolute Gasteiger partial charge is 0.453 e. The van der Waals surface area contributed by atoms with E-state index in [9.17, 15) is 22.8 Å². The Morgan fingerprint density at radius 1 is 1.33 bits per heavy atom. The standard InChI is InChI=1S/C22H25F5N6O3/c1-11-7-15-13(10-32(11)20(34)30-14-4-6-28-17(16(14)23)19(24)25)18-22(26,27)5-3-12(9-33(18)31-15)8-29-21(35)36-2/h4,6,11-12,19H,3,5,7-10H2,1-2H3,(H,29,35)(H,28,30,34)/t11-,12+/m1/s1. The monoisotopic (exact) mass is 516 g/mol. The molecule has 2 atom stereocenters. The number of hydrogen-bond acceptors (Lipinski definition) is 5. The minimum absolute atomic E-state index is 0.128. The van der Waals surface area contributed by atoms with E-state index in [1.807, 2.05) is 0 Å². The molecule has 4 rings (SSSR count). The van der Waals surface area contributed by atoms with Gasteiger partial charge in [0.1, 0.15) is 11.4 Å². The van der Waals surface area contributed by atoms with Crippen molar-refractivity contribution in [3.05, 3.63) is 40.7 Å². The zero-order chi connectivity index (χ0) is 26.2. The maximum absolute atomic E-state index is 15.2. The van der Waals surface area contributed by atoms with Crippen molar-refractivity contribution in [3.8, 4) is 0 Å². The fourth-order valence-corrected chi connectivity index (χ4v) is 4.61. The molecule has 0 radical (unpaired) electrons. The van der Waals surface area contributed by atoms with Crippen LogP contribution in [0.25, 0.3) is 0 Å². The van der Waals surface area contributed by atoms with Gasteiger partial charge in [-0.3, -0.25) is 9.67 Å². The lowest BCUT2D eigenvalue weighted by Crippen LogP contribution is -2.45. The van der Waals surface area contributed by atoms with Crippen LogP contribution < -0.4 is 10.6 Å². The number of alkyl carbamates (subject to hydrolysis) is 1. The topological polar surface area (TPSA) is 101 Å². The molecule has 0 saturated heterocycles. The summed E-state index contributed by atoms with van der Waals surface area (Å²) in [7, 11) is 1.21. The molecule has 36 heavy (non-hydrogen) atoms. The first-order valence-electron chi connectivity index (χ1n) is 11.3. The van der Waals surface area contributed by atoms with Gasteiger partial charge < -0.3 is 20.3 Å². The van der Waals surface area contributed by atoms with Crippen LogP contribution in [0.2, 0.25) is 0 Å². The van der Waals surface area contributed by atoms with Crippen LogP contribution in [0.15, 0.2) is 12.3 Å². The normalized spacial score (nSPS) is 20.8. The number of carbonyl (C=O) groups is 2. The van der Waals surface area contributed by atoms with Crippen LogP contribution in [0.1, 0.15) is 48.8 Å². The van der Waals surface area contributed by atoms with Gasteiger partial charge in [-0.25, -0.2) is 22.8 Å². The Bertz CT molecular complexity index is 1160. The molecule has 0 fully saturated rings. The molecule has 0 saturated carbocycles. The third-order valence-corrected chi connectivity index (χ3v) is 6.47. The molecule has 9 nitrogen and oxygen atoms in total. The summed E-state index contributed by atoms with van der Waals surface area (Å²) in [5, 5.41) is 9.18. The minimum atomic E-state index is -3.23. The molecule has 3 amide bonds. The summed E-state index contributed by atoms with van der Waals surface area (Å²) in [6.07, 6.45) is -3.06. The second-order valence-corrected chi connectivity index (χ2v) is 8.91. The molecule has 2 aliphatic rings. The number of alkyl halides is 4. The van der Waals surface area contributed by atoms with E-state index in [1.165, 1.54) is 16.7 Å². The highest BCUT2D eigenvalue weighted by atomic mass is 19.3. The van der Waals surface area contributed by atoms with Gasteiger partial charge in [-0.2, -0.15) is 13.9 Å². The van der Waals surface area contributed by atoms with Crippen molar-refractivity contribution in [3.63, 3.8) is 0 Å². The van der Waals surface area contributed by atoms with Crippen molar-refractivity contribution in [2.75, 3.05) is 19.0 Å². The quantitative estimate of drug-likeness (QED) is 0.594. The molecule has 0 aliphatic carbocycles. The number of pyridine rings is 1. The highest BCUT2D eigenvalue weighted by molar-refractivity contribution is 5.90. The van der Waals surface area contributed by atoms with Gasteiger partial charge in [0.15, 0.2) is 5.82 Å². The molecule has 2 aromatic rings. The maximum Gasteiger partial charge on any atom is 0.406 e. The number of carbonyl (C=O) groups excluding carboxylic acids is 2. The minimum Gasteiger partial charge on any atom is -0.453 e. The Morgan fingerprint density at radius 2 is 2.08 bits per heavy atom. The lowest BCUT2D eigenvalue weighted by atomic mass is 9.95. The van der Waals surface area contributed by atoms with Gasteiger partial charge in [0.25, 0.3) is 12.3 Å². The number of ether oxygens (including phenoxy) is 1. The first-order valence-corrected chi connectivity index (χ1v) is 11.3. The van der Waals surface area contributed by atoms with E-state index in [2.05, 4.69) is 25.5 Å². The predicted molar refractivity (Wildman–Crippen MR) is 116 cm³/mol. The molecule has 0 spiro atoms. The number of methoxy groups -OCH3 is 1. The number of urea groups is 1. The smallest absolute Gasteiger partial charge is 0.406 e. The Morgan fingerprint density at radius 3 is 2.78 bits per heavy atom. The summed E-state index contributed by atoms with van der Waals surface area (Å²) < 4.78 is 76.5. The molecular weight excluding hydrogens is 491 g/mol. The molecule has 0 aromatic carbocycles. The molecule has 2 aromatic heterocycles. The lowest BCUT2D eigenvalue weighted by molar-refractivity contribution is -0.0219. The van der Waals surface area contributed by atoms with Crippen molar-refractivity contribution in [1.82, 2.24) is 25.0 Å². The van der Waals surface area contributed by atoms with Crippen molar-refractivity contribution < 1.29 is 36.3 Å². The van der Waals surface area contributed by atoms with Crippen molar-refractivity contribution in [2.45, 2.75) is 57.7 Å². The third-order valence-electron chi connectivity index (χ3n) is 6.47. The van der Waals surface area contributed by atoms with Crippen LogP contribution in [0.3, 0.4) is 0 Å². The van der Waals surface area contributed by atoms with Gasteiger partial charge in [0, 0.05) is 43.7 Å². The first kappa shape index (κ1) is 25.6. The highest BCUT2D eigenvalue weighted by Gasteiger charge is 2.44. The number of nitrogens with zero attached hydrogens (tertiary/aromatic N) is 4. The molecule has 14 heteroatoms. The number of anilines is 1. The number of amides is 3. The molecule has 2 N–H and O–H groups in total. The van der Waals surface area contributed by atoms with Gasteiger partial charge in [-0.05, 0) is 25.3 Å². The molecule has 0 bridgehead atoms. The number of rotatable bonds is 4. The van der Waals surface area contributed by atoms with Crippen LogP contribution in [-0.2, 0) is 30.2 Å². The first-order chi connectivity index (χ1) is 17.0. The van der Waals surface area contributed by atoms with Crippen LogP contribution >= 0.6 is 0 Å². The number of nitrogens with one attached hydrogen (secondary N) is 2. The van der Waals surface area contributed by atoms with Crippen LogP contribution in [0.4, 0.5) is 37.2 Å². The maximum atomic E-state index is 15.2.